The van der Waals surface area contributed by atoms with Crippen LogP contribution in [-0.4, -0.2) is 17.8 Å². The Bertz CT molecular complexity index is 689. The van der Waals surface area contributed by atoms with Crippen molar-refractivity contribution in [1.29, 1.82) is 0 Å². The van der Waals surface area contributed by atoms with E-state index in [1.165, 1.54) is 17.8 Å². The second-order valence-electron chi connectivity index (χ2n) is 5.40. The van der Waals surface area contributed by atoms with Gasteiger partial charge in [0.2, 0.25) is 5.91 Å². The van der Waals surface area contributed by atoms with E-state index in [-0.39, 0.29) is 23.6 Å². The first-order valence-electron chi connectivity index (χ1n) is 7.53. The number of amides is 1. The molecule has 0 atom stereocenters. The summed E-state index contributed by atoms with van der Waals surface area (Å²) in [5, 5.41) is 3.19. The van der Waals surface area contributed by atoms with Crippen LogP contribution in [-0.2, 0) is 10.5 Å². The van der Waals surface area contributed by atoms with Crippen molar-refractivity contribution in [1.82, 2.24) is 0 Å². The first-order valence-corrected chi connectivity index (χ1v) is 9.07. The van der Waals surface area contributed by atoms with Crippen LogP contribution in [0.4, 0.5) is 10.1 Å². The molecule has 0 aliphatic rings. The van der Waals surface area contributed by atoms with Crippen molar-refractivity contribution in [2.45, 2.75) is 25.7 Å². The van der Waals surface area contributed by atoms with Gasteiger partial charge in [0.05, 0.1) is 17.5 Å². The van der Waals surface area contributed by atoms with Gasteiger partial charge in [0.1, 0.15) is 11.6 Å². The number of hydrogen-bond donors (Lipinski definition) is 1. The molecule has 1 N–H and O–H groups in total. The molecule has 0 aliphatic carbocycles. The summed E-state index contributed by atoms with van der Waals surface area (Å²) >= 11 is 7.28. The van der Waals surface area contributed by atoms with E-state index in [1.54, 1.807) is 18.2 Å². The number of hydrogen-bond acceptors (Lipinski definition) is 3. The average Bonchev–Trinajstić information content (AvgIpc) is 2.52. The summed E-state index contributed by atoms with van der Waals surface area (Å²) < 4.78 is 19.3. The van der Waals surface area contributed by atoms with Crippen molar-refractivity contribution in [2.75, 3.05) is 11.1 Å². The molecule has 0 fully saturated rings. The number of halogens is 2. The van der Waals surface area contributed by atoms with Crippen molar-refractivity contribution in [3.8, 4) is 5.75 Å². The third kappa shape index (κ3) is 5.42. The molecule has 0 radical (unpaired) electrons. The Balaban J connectivity index is 1.90. The molecule has 3 nitrogen and oxygen atoms in total. The van der Waals surface area contributed by atoms with E-state index in [4.69, 9.17) is 16.3 Å². The summed E-state index contributed by atoms with van der Waals surface area (Å²) in [5.41, 5.74) is 1.04. The van der Waals surface area contributed by atoms with Crippen molar-refractivity contribution < 1.29 is 13.9 Å². The van der Waals surface area contributed by atoms with Crippen LogP contribution in [0.5, 0.6) is 5.75 Å². The maximum atomic E-state index is 13.7. The van der Waals surface area contributed by atoms with E-state index in [2.05, 4.69) is 5.32 Å². The van der Waals surface area contributed by atoms with Gasteiger partial charge in [-0.05, 0) is 38.1 Å². The molecule has 2 rings (SSSR count). The zero-order valence-electron chi connectivity index (χ0n) is 13.5. The molecule has 128 valence electrons. The van der Waals surface area contributed by atoms with Crippen molar-refractivity contribution in [2.24, 2.45) is 0 Å². The number of thioether (sulfide) groups is 1. The van der Waals surface area contributed by atoms with Crippen LogP contribution in [0.1, 0.15) is 19.4 Å². The lowest BCUT2D eigenvalue weighted by Gasteiger charge is -2.14. The second kappa shape index (κ2) is 8.94. The normalized spacial score (nSPS) is 10.7. The topological polar surface area (TPSA) is 38.3 Å². The van der Waals surface area contributed by atoms with Crippen molar-refractivity contribution in [3.63, 3.8) is 0 Å². The predicted molar refractivity (Wildman–Crippen MR) is 98.4 cm³/mol. The average molecular weight is 368 g/mol. The Hall–Kier alpha value is -1.72. The molecule has 2 aromatic rings. The Morgan fingerprint density at radius 3 is 2.71 bits per heavy atom. The molecule has 2 aromatic carbocycles. The van der Waals surface area contributed by atoms with Crippen LogP contribution in [0.2, 0.25) is 5.02 Å². The number of carbonyl (C=O) groups is 1. The number of benzene rings is 2. The fraction of sp³-hybridized carbons (Fsp3) is 0.278. The molecule has 0 aromatic heterocycles. The molecule has 1 amide bonds. The summed E-state index contributed by atoms with van der Waals surface area (Å²) in [5.74, 6) is 0.630. The maximum absolute atomic E-state index is 13.7. The van der Waals surface area contributed by atoms with Gasteiger partial charge < -0.3 is 10.1 Å². The Morgan fingerprint density at radius 1 is 1.25 bits per heavy atom. The van der Waals surface area contributed by atoms with Gasteiger partial charge in [-0.15, -0.1) is 11.8 Å². The monoisotopic (exact) mass is 367 g/mol. The molecule has 0 spiro atoms. The molecule has 0 saturated carbocycles. The summed E-state index contributed by atoms with van der Waals surface area (Å²) in [6.45, 7) is 3.85. The van der Waals surface area contributed by atoms with Gasteiger partial charge >= 0.3 is 0 Å². The van der Waals surface area contributed by atoms with Crippen LogP contribution in [0.15, 0.2) is 42.5 Å². The molecule has 0 unspecified atom stereocenters. The SMILES string of the molecule is CC(C)Oc1ccccc1NC(=O)CSCc1c(F)cccc1Cl. The molecule has 0 heterocycles. The Morgan fingerprint density at radius 2 is 2.00 bits per heavy atom. The van der Waals surface area contributed by atoms with E-state index in [0.29, 0.717) is 27.8 Å². The van der Waals surface area contributed by atoms with E-state index < -0.39 is 0 Å². The molecular formula is C18H19ClFNO2S. The molecule has 0 saturated heterocycles. The van der Waals surface area contributed by atoms with Crippen LogP contribution in [0.25, 0.3) is 0 Å². The van der Waals surface area contributed by atoms with E-state index in [0.717, 1.165) is 0 Å². The summed E-state index contributed by atoms with van der Waals surface area (Å²) in [4.78, 5) is 12.1. The first-order chi connectivity index (χ1) is 11.5. The highest BCUT2D eigenvalue weighted by atomic mass is 35.5. The maximum Gasteiger partial charge on any atom is 0.234 e. The van der Waals surface area contributed by atoms with Crippen LogP contribution < -0.4 is 10.1 Å². The largest absolute Gasteiger partial charge is 0.489 e. The van der Waals surface area contributed by atoms with Gasteiger partial charge in [-0.3, -0.25) is 4.79 Å². The predicted octanol–water partition coefficient (Wildman–Crippen LogP) is 5.14. The zero-order chi connectivity index (χ0) is 17.5. The molecular weight excluding hydrogens is 349 g/mol. The van der Waals surface area contributed by atoms with Gasteiger partial charge in [0, 0.05) is 16.3 Å². The number of carbonyl (C=O) groups excluding carboxylic acids is 1. The first kappa shape index (κ1) is 18.6. The highest BCUT2D eigenvalue weighted by Crippen LogP contribution is 2.26. The minimum absolute atomic E-state index is 0.0145. The van der Waals surface area contributed by atoms with Gasteiger partial charge in [-0.2, -0.15) is 0 Å². The van der Waals surface area contributed by atoms with E-state index in [9.17, 15) is 9.18 Å². The van der Waals surface area contributed by atoms with Crippen LogP contribution in [0.3, 0.4) is 0 Å². The smallest absolute Gasteiger partial charge is 0.234 e. The fourth-order valence-electron chi connectivity index (χ4n) is 2.03. The van der Waals surface area contributed by atoms with Gasteiger partial charge in [0.15, 0.2) is 0 Å². The highest BCUT2D eigenvalue weighted by molar-refractivity contribution is 7.99. The molecule has 0 bridgehead atoms. The van der Waals surface area contributed by atoms with Crippen LogP contribution in [0, 0.1) is 5.82 Å². The minimum atomic E-state index is -0.355. The zero-order valence-corrected chi connectivity index (χ0v) is 15.1. The Kier molecular flexibility index (Phi) is 6.94. The number of nitrogens with one attached hydrogen (secondary N) is 1. The third-order valence-corrected chi connectivity index (χ3v) is 4.38. The summed E-state index contributed by atoms with van der Waals surface area (Å²) in [6.07, 6.45) is 0.0145. The lowest BCUT2D eigenvalue weighted by molar-refractivity contribution is -0.113. The third-order valence-electron chi connectivity index (χ3n) is 3.07. The summed E-state index contributed by atoms with van der Waals surface area (Å²) in [6, 6.07) is 11.8. The second-order valence-corrected chi connectivity index (χ2v) is 6.80. The standard InChI is InChI=1S/C18H19ClFNO2S/c1-12(2)23-17-9-4-3-8-16(17)21-18(22)11-24-10-13-14(19)6-5-7-15(13)20/h3-9,12H,10-11H2,1-2H3,(H,21,22). The van der Waals surface area contributed by atoms with Gasteiger partial charge in [-0.25, -0.2) is 4.39 Å². The number of rotatable bonds is 7. The van der Waals surface area contributed by atoms with E-state index >= 15 is 0 Å². The number of anilines is 1. The fourth-order valence-corrected chi connectivity index (χ4v) is 3.20. The number of para-hydroxylation sites is 2. The lowest BCUT2D eigenvalue weighted by atomic mass is 10.2. The molecule has 6 heteroatoms. The van der Waals surface area contributed by atoms with Gasteiger partial charge in [0.25, 0.3) is 0 Å². The lowest BCUT2D eigenvalue weighted by Crippen LogP contribution is -2.16. The minimum Gasteiger partial charge on any atom is -0.489 e. The van der Waals surface area contributed by atoms with Crippen molar-refractivity contribution in [3.05, 3.63) is 58.9 Å². The highest BCUT2D eigenvalue weighted by Gasteiger charge is 2.11. The van der Waals surface area contributed by atoms with E-state index in [1.807, 2.05) is 32.0 Å². The van der Waals surface area contributed by atoms with Crippen molar-refractivity contribution >= 4 is 35.0 Å². The Labute approximate surface area is 150 Å². The quantitative estimate of drug-likeness (QED) is 0.736. The number of ether oxygens (including phenoxy) is 1. The molecule has 24 heavy (non-hydrogen) atoms. The van der Waals surface area contributed by atoms with Gasteiger partial charge in [-0.1, -0.05) is 29.8 Å². The molecule has 0 aliphatic heterocycles. The van der Waals surface area contributed by atoms with Crippen LogP contribution >= 0.6 is 23.4 Å². The summed E-state index contributed by atoms with van der Waals surface area (Å²) in [7, 11) is 0.